The van der Waals surface area contributed by atoms with Gasteiger partial charge in [0.15, 0.2) is 41.8 Å². The zero-order valence-corrected chi connectivity index (χ0v) is 29.6. The summed E-state index contributed by atoms with van der Waals surface area (Å²) in [6, 6.07) is 14.6. The van der Waals surface area contributed by atoms with E-state index in [9.17, 15) is 18.0 Å². The highest BCUT2D eigenvalue weighted by Gasteiger charge is 2.55. The molecule has 1 amide bonds. The Labute approximate surface area is 311 Å². The van der Waals surface area contributed by atoms with E-state index in [0.29, 0.717) is 46.5 Å². The molecule has 278 valence electrons. The van der Waals surface area contributed by atoms with Crippen LogP contribution >= 0.6 is 23.2 Å². The molecule has 2 aliphatic heterocycles. The van der Waals surface area contributed by atoms with Crippen molar-refractivity contribution in [2.24, 2.45) is 5.73 Å². The maximum atomic E-state index is 14.3. The number of nitrogens with zero attached hydrogens (tertiary/aromatic N) is 6. The molecular weight excluding hydrogens is 740 g/mol. The number of aryl methyl sites for hydroxylation is 1. The second-order valence-corrected chi connectivity index (χ2v) is 13.3. The van der Waals surface area contributed by atoms with Gasteiger partial charge in [0.25, 0.3) is 0 Å². The van der Waals surface area contributed by atoms with E-state index in [-0.39, 0.29) is 30.2 Å². The van der Waals surface area contributed by atoms with E-state index in [4.69, 9.17) is 47.9 Å². The largest absolute Gasteiger partial charge is 0.441 e. The van der Waals surface area contributed by atoms with Crippen LogP contribution in [0.4, 0.5) is 18.0 Å². The zero-order valence-electron chi connectivity index (χ0n) is 28.0. The predicted molar refractivity (Wildman–Crippen MR) is 185 cm³/mol. The first-order valence-corrected chi connectivity index (χ1v) is 17.4. The number of aromatic nitrogens is 6. The van der Waals surface area contributed by atoms with Gasteiger partial charge >= 0.3 is 6.09 Å². The zero-order chi connectivity index (χ0) is 37.2. The fourth-order valence-corrected chi connectivity index (χ4v) is 6.71. The number of fused-ring (bicyclic) bond motifs is 1. The number of ether oxygens (including phenoxy) is 4. The molecule has 0 spiro atoms. The van der Waals surface area contributed by atoms with Crippen molar-refractivity contribution in [1.29, 1.82) is 0 Å². The maximum absolute atomic E-state index is 14.3. The van der Waals surface area contributed by atoms with Crippen LogP contribution in [0.3, 0.4) is 0 Å². The highest BCUT2D eigenvalue weighted by atomic mass is 35.5. The van der Waals surface area contributed by atoms with Crippen LogP contribution in [0.2, 0.25) is 10.0 Å². The molecule has 0 saturated carbocycles. The quantitative estimate of drug-likeness (QED) is 0.124. The minimum Gasteiger partial charge on any atom is -0.441 e. The van der Waals surface area contributed by atoms with Crippen molar-refractivity contribution in [3.05, 3.63) is 112 Å². The molecule has 0 aliphatic carbocycles. The number of nitrogens with one attached hydrogen (secondary N) is 1. The molecule has 5 aromatic rings. The van der Waals surface area contributed by atoms with E-state index in [1.54, 1.807) is 25.1 Å². The van der Waals surface area contributed by atoms with Gasteiger partial charge in [0, 0.05) is 22.7 Å². The lowest BCUT2D eigenvalue weighted by atomic mass is 9.90. The Hall–Kier alpha value is -4.58. The minimum atomic E-state index is -1.62. The monoisotopic (exact) mass is 772 g/mol. The number of rotatable bonds is 10. The molecule has 3 aromatic carbocycles. The normalized spacial score (nSPS) is 22.7. The topological polar surface area (TPSA) is 153 Å². The Bertz CT molecular complexity index is 2070. The van der Waals surface area contributed by atoms with Crippen molar-refractivity contribution in [1.82, 2.24) is 35.1 Å². The molecule has 2 saturated heterocycles. The highest BCUT2D eigenvalue weighted by Crippen LogP contribution is 2.46. The summed E-state index contributed by atoms with van der Waals surface area (Å²) in [5.74, 6) is -3.89. The molecule has 18 heteroatoms. The first-order chi connectivity index (χ1) is 25.6. The minimum absolute atomic E-state index is 0.00349. The summed E-state index contributed by atoms with van der Waals surface area (Å²) < 4.78 is 70.9. The van der Waals surface area contributed by atoms with Gasteiger partial charge in [0.05, 0.1) is 23.5 Å². The van der Waals surface area contributed by atoms with Crippen molar-refractivity contribution in [2.75, 3.05) is 19.7 Å². The number of hydrogen-bond donors (Lipinski definition) is 2. The third-order valence-electron chi connectivity index (χ3n) is 8.79. The van der Waals surface area contributed by atoms with Crippen LogP contribution in [-0.4, -0.2) is 73.9 Å². The van der Waals surface area contributed by atoms with Crippen molar-refractivity contribution in [3.63, 3.8) is 0 Å². The fraction of sp³-hybridized carbons (Fsp3) is 0.343. The van der Waals surface area contributed by atoms with Crippen molar-refractivity contribution < 1.29 is 36.9 Å². The first kappa shape index (κ1) is 36.8. The summed E-state index contributed by atoms with van der Waals surface area (Å²) in [5, 5.41) is 16.5. The van der Waals surface area contributed by atoms with Crippen LogP contribution in [0.1, 0.15) is 48.5 Å². The second-order valence-electron chi connectivity index (χ2n) is 12.4. The lowest BCUT2D eigenvalue weighted by Crippen LogP contribution is -2.58. The van der Waals surface area contributed by atoms with Crippen LogP contribution < -0.4 is 11.1 Å². The van der Waals surface area contributed by atoms with Gasteiger partial charge < -0.3 is 30.0 Å². The number of nitrogens with two attached hydrogens (primary N) is 1. The second kappa shape index (κ2) is 15.8. The number of hydrogen-bond acceptors (Lipinski definition) is 10. The molecule has 53 heavy (non-hydrogen) atoms. The molecule has 4 heterocycles. The Morgan fingerprint density at radius 3 is 2.58 bits per heavy atom. The number of carbonyl (C=O) groups excluding carboxylic acids is 1. The van der Waals surface area contributed by atoms with Crippen molar-refractivity contribution in [2.45, 2.75) is 56.5 Å². The number of amides is 1. The average Bonchev–Trinajstić information content (AvgIpc) is 3.80. The summed E-state index contributed by atoms with van der Waals surface area (Å²) >= 11 is 13.0. The average molecular weight is 774 g/mol. The molecule has 2 aromatic heterocycles. The van der Waals surface area contributed by atoms with Gasteiger partial charge in [-0.15, -0.1) is 5.10 Å². The van der Waals surface area contributed by atoms with Crippen LogP contribution in [-0.2, 0) is 18.9 Å². The van der Waals surface area contributed by atoms with E-state index in [0.717, 1.165) is 12.1 Å². The summed E-state index contributed by atoms with van der Waals surface area (Å²) in [7, 11) is 0. The summed E-state index contributed by atoms with van der Waals surface area (Å²) in [5.41, 5.74) is 6.65. The molecule has 13 nitrogen and oxygen atoms in total. The van der Waals surface area contributed by atoms with Gasteiger partial charge in [0.2, 0.25) is 0 Å². The summed E-state index contributed by atoms with van der Waals surface area (Å²) in [6.07, 6.45) is -3.14. The van der Waals surface area contributed by atoms with Crippen LogP contribution in [0.5, 0.6) is 0 Å². The number of halogens is 5. The fourth-order valence-electron chi connectivity index (χ4n) is 6.35. The lowest BCUT2D eigenvalue weighted by Gasteiger charge is -2.48. The first-order valence-electron chi connectivity index (χ1n) is 16.7. The summed E-state index contributed by atoms with van der Waals surface area (Å²) in [6.45, 7) is 2.41. The van der Waals surface area contributed by atoms with Gasteiger partial charge in [-0.25, -0.2) is 32.3 Å². The molecule has 0 radical (unpaired) electrons. The van der Waals surface area contributed by atoms with Crippen LogP contribution in [0.25, 0.3) is 16.9 Å². The van der Waals surface area contributed by atoms with Gasteiger partial charge in [0.1, 0.15) is 29.8 Å². The molecular formula is C35H33Cl2F3N8O5. The van der Waals surface area contributed by atoms with Gasteiger partial charge in [-0.1, -0.05) is 58.7 Å². The van der Waals surface area contributed by atoms with E-state index >= 15 is 0 Å². The molecule has 2 fully saturated rings. The van der Waals surface area contributed by atoms with Gasteiger partial charge in [-0.05, 0) is 56.6 Å². The van der Waals surface area contributed by atoms with E-state index in [1.807, 2.05) is 30.3 Å². The standard InChI is InChI=1S/C35H33Cl2F3N8O5/c1-18-43-33(48(45-18)26-15-21(36)9-10-22(26)37)32-31(53-35(49)42-12-6-5-11-41)29(30-27(51-32)17-50-34(52-30)19-7-3-2-4-8-19)47-16-25(44-46-47)20-13-23(38)28(40)24(39)14-20/h2-4,7-10,13-16,27,29-32,34H,5-6,11-12,17,41H2,1H3,(H,42,49)/t27-,29+,30+,31-,32-,34+/m1/s1. The Balaban J connectivity index is 1.35. The number of benzene rings is 3. The molecule has 7 rings (SSSR count). The predicted octanol–water partition coefficient (Wildman–Crippen LogP) is 6.19. The smallest absolute Gasteiger partial charge is 0.407 e. The highest BCUT2D eigenvalue weighted by molar-refractivity contribution is 6.34. The Morgan fingerprint density at radius 2 is 1.83 bits per heavy atom. The third-order valence-corrected chi connectivity index (χ3v) is 9.35. The van der Waals surface area contributed by atoms with E-state index in [1.165, 1.54) is 15.6 Å². The molecule has 0 bridgehead atoms. The lowest BCUT2D eigenvalue weighted by molar-refractivity contribution is -0.318. The Kier molecular flexibility index (Phi) is 11.0. The van der Waals surface area contributed by atoms with E-state index < -0.39 is 60.3 Å². The molecule has 2 aliphatic rings. The SMILES string of the molecule is Cc1nc([C@@H]2O[C@@H]3CO[C@H](c4ccccc4)O[C@@H]3[C@H](n3cc(-c4cc(F)c(F)c(F)c4)nn3)[C@H]2OC(=O)NCCCCN)n(-c2cc(Cl)ccc2Cl)n1. The van der Waals surface area contributed by atoms with Crippen LogP contribution in [0, 0.1) is 24.4 Å². The van der Waals surface area contributed by atoms with Crippen LogP contribution in [0.15, 0.2) is 66.9 Å². The Morgan fingerprint density at radius 1 is 1.06 bits per heavy atom. The van der Waals surface area contributed by atoms with E-state index in [2.05, 4.69) is 25.7 Å². The molecule has 0 unspecified atom stereocenters. The maximum Gasteiger partial charge on any atom is 0.407 e. The van der Waals surface area contributed by atoms with Gasteiger partial charge in [-0.3, -0.25) is 0 Å². The van der Waals surface area contributed by atoms with Crippen molar-refractivity contribution in [3.8, 4) is 16.9 Å². The number of carbonyl (C=O) groups is 1. The third kappa shape index (κ3) is 7.74. The summed E-state index contributed by atoms with van der Waals surface area (Å²) in [4.78, 5) is 18.2. The number of unbranched alkanes of at least 4 members (excludes halogenated alkanes) is 1. The number of alkyl carbamates (subject to hydrolysis) is 1. The van der Waals surface area contributed by atoms with Crippen molar-refractivity contribution >= 4 is 29.3 Å². The van der Waals surface area contributed by atoms with Gasteiger partial charge in [-0.2, -0.15) is 5.10 Å². The molecule has 6 atom stereocenters. The molecule has 3 N–H and O–H groups in total.